The summed E-state index contributed by atoms with van der Waals surface area (Å²) in [6, 6.07) is 8.12. The number of halogens is 2. The number of phenolic OH excluding ortho intramolecular Hbond substituents is 1. The molecule has 1 heterocycles. The first-order chi connectivity index (χ1) is 10.5. The molecule has 112 valence electrons. The van der Waals surface area contributed by atoms with Gasteiger partial charge in [0.15, 0.2) is 17.5 Å². The summed E-state index contributed by atoms with van der Waals surface area (Å²) in [4.78, 5) is 0. The molecule has 0 saturated heterocycles. The Kier molecular flexibility index (Phi) is 3.25. The number of rotatable bonds is 2. The lowest BCUT2D eigenvalue weighted by Crippen LogP contribution is -2.04. The molecule has 0 aliphatic heterocycles. The molecule has 0 bridgehead atoms. The zero-order valence-corrected chi connectivity index (χ0v) is 11.6. The first-order valence-electron chi connectivity index (χ1n) is 6.44. The van der Waals surface area contributed by atoms with Crippen molar-refractivity contribution >= 4 is 5.82 Å². The van der Waals surface area contributed by atoms with Crippen molar-refractivity contribution in [3.63, 3.8) is 0 Å². The van der Waals surface area contributed by atoms with Gasteiger partial charge in [-0.15, -0.1) is 5.10 Å². The number of aromatic nitrogens is 3. The number of aromatic hydroxyl groups is 1. The lowest BCUT2D eigenvalue weighted by molar-refractivity contribution is 0.474. The summed E-state index contributed by atoms with van der Waals surface area (Å²) in [5.41, 5.74) is 7.99. The third-order valence-corrected chi connectivity index (χ3v) is 3.31. The molecule has 0 spiro atoms. The quantitative estimate of drug-likeness (QED) is 0.763. The van der Waals surface area contributed by atoms with E-state index in [-0.39, 0.29) is 17.3 Å². The normalized spacial score (nSPS) is 10.9. The molecular formula is C15H12F2N4O. The first-order valence-corrected chi connectivity index (χ1v) is 6.44. The van der Waals surface area contributed by atoms with E-state index >= 15 is 0 Å². The second kappa shape index (κ2) is 5.10. The molecule has 2 aromatic carbocycles. The van der Waals surface area contributed by atoms with Gasteiger partial charge in [0.1, 0.15) is 11.4 Å². The zero-order chi connectivity index (χ0) is 15.9. The molecule has 0 radical (unpaired) electrons. The summed E-state index contributed by atoms with van der Waals surface area (Å²) in [7, 11) is 0. The maximum Gasteiger partial charge on any atom is 0.159 e. The molecule has 0 fully saturated rings. The van der Waals surface area contributed by atoms with Gasteiger partial charge in [0.05, 0.1) is 5.69 Å². The SMILES string of the molecule is Cc1cc(O)ccc1-n1nnc(-c2ccc(F)c(F)c2)c1N. The van der Waals surface area contributed by atoms with Crippen LogP contribution < -0.4 is 5.73 Å². The van der Waals surface area contributed by atoms with Gasteiger partial charge in [-0.05, 0) is 48.9 Å². The molecule has 7 heteroatoms. The third-order valence-electron chi connectivity index (χ3n) is 3.31. The van der Waals surface area contributed by atoms with Gasteiger partial charge in [0.2, 0.25) is 0 Å². The maximum absolute atomic E-state index is 13.3. The molecule has 0 aliphatic carbocycles. The van der Waals surface area contributed by atoms with Crippen molar-refractivity contribution < 1.29 is 13.9 Å². The summed E-state index contributed by atoms with van der Waals surface area (Å²) in [6.45, 7) is 1.79. The molecule has 0 amide bonds. The Morgan fingerprint density at radius 3 is 2.55 bits per heavy atom. The van der Waals surface area contributed by atoms with Crippen LogP contribution in [0, 0.1) is 18.6 Å². The number of anilines is 1. The number of benzene rings is 2. The summed E-state index contributed by atoms with van der Waals surface area (Å²) < 4.78 is 27.7. The summed E-state index contributed by atoms with van der Waals surface area (Å²) in [5.74, 6) is -1.60. The second-order valence-corrected chi connectivity index (χ2v) is 4.83. The van der Waals surface area contributed by atoms with Crippen LogP contribution in [-0.2, 0) is 0 Å². The molecule has 0 unspecified atom stereocenters. The largest absolute Gasteiger partial charge is 0.508 e. The van der Waals surface area contributed by atoms with Crippen LogP contribution in [0.3, 0.4) is 0 Å². The average Bonchev–Trinajstić information content (AvgIpc) is 2.84. The predicted octanol–water partition coefficient (Wildman–Crippen LogP) is 2.81. The van der Waals surface area contributed by atoms with Gasteiger partial charge in [-0.1, -0.05) is 5.21 Å². The minimum absolute atomic E-state index is 0.126. The van der Waals surface area contributed by atoms with E-state index in [1.165, 1.54) is 16.8 Å². The Morgan fingerprint density at radius 2 is 1.86 bits per heavy atom. The predicted molar refractivity (Wildman–Crippen MR) is 77.5 cm³/mol. The standard InChI is InChI=1S/C15H12F2N4O/c1-8-6-10(22)3-5-13(8)21-15(18)14(19-20-21)9-2-4-11(16)12(17)7-9/h2-7,22H,18H2,1H3. The fraction of sp³-hybridized carbons (Fsp3) is 0.0667. The van der Waals surface area contributed by atoms with Crippen molar-refractivity contribution in [1.82, 2.24) is 15.0 Å². The van der Waals surface area contributed by atoms with E-state index in [0.717, 1.165) is 17.7 Å². The topological polar surface area (TPSA) is 77.0 Å². The highest BCUT2D eigenvalue weighted by molar-refractivity contribution is 5.71. The Bertz CT molecular complexity index is 861. The molecule has 0 atom stereocenters. The monoisotopic (exact) mass is 302 g/mol. The minimum Gasteiger partial charge on any atom is -0.508 e. The van der Waals surface area contributed by atoms with Crippen molar-refractivity contribution in [2.24, 2.45) is 0 Å². The number of nitrogens with zero attached hydrogens (tertiary/aromatic N) is 3. The summed E-state index contributed by atoms with van der Waals surface area (Å²) in [5, 5.41) is 17.3. The Hall–Kier alpha value is -2.96. The summed E-state index contributed by atoms with van der Waals surface area (Å²) >= 11 is 0. The van der Waals surface area contributed by atoms with E-state index in [9.17, 15) is 13.9 Å². The third kappa shape index (κ3) is 2.26. The highest BCUT2D eigenvalue weighted by Gasteiger charge is 2.16. The van der Waals surface area contributed by atoms with E-state index in [0.29, 0.717) is 11.3 Å². The van der Waals surface area contributed by atoms with Crippen LogP contribution in [0.1, 0.15) is 5.56 Å². The van der Waals surface area contributed by atoms with Crippen molar-refractivity contribution in [2.45, 2.75) is 6.92 Å². The minimum atomic E-state index is -0.979. The van der Waals surface area contributed by atoms with Gasteiger partial charge in [0.25, 0.3) is 0 Å². The van der Waals surface area contributed by atoms with Gasteiger partial charge in [-0.2, -0.15) is 4.68 Å². The molecule has 5 nitrogen and oxygen atoms in total. The number of nitrogen functional groups attached to an aromatic ring is 1. The molecule has 1 aromatic heterocycles. The second-order valence-electron chi connectivity index (χ2n) is 4.83. The van der Waals surface area contributed by atoms with Gasteiger partial charge >= 0.3 is 0 Å². The van der Waals surface area contributed by atoms with E-state index in [1.54, 1.807) is 19.1 Å². The van der Waals surface area contributed by atoms with Crippen molar-refractivity contribution in [2.75, 3.05) is 5.73 Å². The van der Waals surface area contributed by atoms with Crippen molar-refractivity contribution in [3.8, 4) is 22.7 Å². The number of aryl methyl sites for hydroxylation is 1. The highest BCUT2D eigenvalue weighted by Crippen LogP contribution is 2.28. The lowest BCUT2D eigenvalue weighted by Gasteiger charge is -2.07. The van der Waals surface area contributed by atoms with Crippen LogP contribution >= 0.6 is 0 Å². The molecule has 3 rings (SSSR count). The van der Waals surface area contributed by atoms with E-state index in [4.69, 9.17) is 5.73 Å². The summed E-state index contributed by atoms with van der Waals surface area (Å²) in [6.07, 6.45) is 0. The Labute approximate surface area is 124 Å². The van der Waals surface area contributed by atoms with E-state index < -0.39 is 11.6 Å². The zero-order valence-electron chi connectivity index (χ0n) is 11.6. The van der Waals surface area contributed by atoms with Crippen molar-refractivity contribution in [1.29, 1.82) is 0 Å². The highest BCUT2D eigenvalue weighted by atomic mass is 19.2. The van der Waals surface area contributed by atoms with Gasteiger partial charge in [-0.3, -0.25) is 0 Å². The van der Waals surface area contributed by atoms with Crippen LogP contribution in [0.25, 0.3) is 16.9 Å². The molecule has 3 N–H and O–H groups in total. The average molecular weight is 302 g/mol. The number of phenols is 1. The smallest absolute Gasteiger partial charge is 0.159 e. The maximum atomic E-state index is 13.3. The number of hydrogen-bond donors (Lipinski definition) is 2. The number of nitrogens with two attached hydrogens (primary N) is 1. The van der Waals surface area contributed by atoms with Crippen LogP contribution in [0.2, 0.25) is 0 Å². The Morgan fingerprint density at radius 1 is 1.09 bits per heavy atom. The van der Waals surface area contributed by atoms with Gasteiger partial charge in [-0.25, -0.2) is 8.78 Å². The number of hydrogen-bond acceptors (Lipinski definition) is 4. The molecule has 22 heavy (non-hydrogen) atoms. The molecule has 3 aromatic rings. The fourth-order valence-electron chi connectivity index (χ4n) is 2.19. The molecular weight excluding hydrogens is 290 g/mol. The van der Waals surface area contributed by atoms with E-state index in [2.05, 4.69) is 10.3 Å². The van der Waals surface area contributed by atoms with Crippen molar-refractivity contribution in [3.05, 3.63) is 53.6 Å². The van der Waals surface area contributed by atoms with Crippen LogP contribution in [0.5, 0.6) is 5.75 Å². The molecule has 0 saturated carbocycles. The fourth-order valence-corrected chi connectivity index (χ4v) is 2.19. The van der Waals surface area contributed by atoms with Crippen LogP contribution in [-0.4, -0.2) is 20.1 Å². The van der Waals surface area contributed by atoms with E-state index in [1.807, 2.05) is 0 Å². The first kappa shape index (κ1) is 14.0. The van der Waals surface area contributed by atoms with Crippen LogP contribution in [0.4, 0.5) is 14.6 Å². The van der Waals surface area contributed by atoms with Gasteiger partial charge in [0, 0.05) is 5.56 Å². The lowest BCUT2D eigenvalue weighted by atomic mass is 10.1. The molecule has 0 aliphatic rings. The van der Waals surface area contributed by atoms with Gasteiger partial charge < -0.3 is 10.8 Å². The Balaban J connectivity index is 2.10. The van der Waals surface area contributed by atoms with Crippen LogP contribution in [0.15, 0.2) is 36.4 Å².